The highest BCUT2D eigenvalue weighted by Gasteiger charge is 2.33. The Morgan fingerprint density at radius 1 is 1.22 bits per heavy atom. The molecule has 2 aliphatic rings. The zero-order valence-electron chi connectivity index (χ0n) is 12.1. The highest BCUT2D eigenvalue weighted by molar-refractivity contribution is 4.88. The van der Waals surface area contributed by atoms with Gasteiger partial charge in [0.05, 0.1) is 18.3 Å². The molecule has 4 heteroatoms. The van der Waals surface area contributed by atoms with Crippen LogP contribution in [0.1, 0.15) is 32.6 Å². The molecule has 0 radical (unpaired) electrons. The molecule has 2 rings (SSSR count). The Bertz CT molecular complexity index is 263. The topological polar surface area (TPSA) is 35.9 Å². The largest absolute Gasteiger partial charge is 0.390 e. The van der Waals surface area contributed by atoms with Crippen LogP contribution in [0.4, 0.5) is 0 Å². The van der Waals surface area contributed by atoms with Gasteiger partial charge in [-0.2, -0.15) is 0 Å². The molecule has 0 amide bonds. The van der Waals surface area contributed by atoms with Gasteiger partial charge in [-0.3, -0.25) is 0 Å². The summed E-state index contributed by atoms with van der Waals surface area (Å²) in [5.41, 5.74) is -0.507. The summed E-state index contributed by atoms with van der Waals surface area (Å²) in [4.78, 5) is 4.68. The summed E-state index contributed by atoms with van der Waals surface area (Å²) in [6.45, 7) is 5.96. The van der Waals surface area contributed by atoms with E-state index in [0.29, 0.717) is 12.1 Å². The van der Waals surface area contributed by atoms with Crippen LogP contribution < -0.4 is 0 Å². The van der Waals surface area contributed by atoms with Gasteiger partial charge < -0.3 is 19.6 Å². The molecule has 0 bridgehead atoms. The van der Waals surface area contributed by atoms with Crippen LogP contribution in [0.25, 0.3) is 0 Å². The van der Waals surface area contributed by atoms with Gasteiger partial charge in [-0.05, 0) is 46.7 Å². The monoisotopic (exact) mass is 256 g/mol. The Kier molecular flexibility index (Phi) is 4.64. The Balaban J connectivity index is 1.75. The Morgan fingerprint density at radius 3 is 2.56 bits per heavy atom. The van der Waals surface area contributed by atoms with Gasteiger partial charge in [0, 0.05) is 25.7 Å². The SMILES string of the molecule is CN1CCC(OCC2CC(C)(O)CCN2C)CC1. The lowest BCUT2D eigenvalue weighted by Crippen LogP contribution is -2.50. The van der Waals surface area contributed by atoms with Crippen molar-refractivity contribution in [2.24, 2.45) is 0 Å². The molecule has 2 unspecified atom stereocenters. The number of hydrogen-bond acceptors (Lipinski definition) is 4. The third-order valence-corrected chi connectivity index (χ3v) is 4.49. The third-order valence-electron chi connectivity index (χ3n) is 4.49. The lowest BCUT2D eigenvalue weighted by Gasteiger charge is -2.41. The first-order chi connectivity index (χ1) is 8.46. The molecule has 0 saturated carbocycles. The van der Waals surface area contributed by atoms with Crippen LogP contribution in [-0.4, -0.2) is 73.0 Å². The summed E-state index contributed by atoms with van der Waals surface area (Å²) in [6.07, 6.45) is 4.40. The van der Waals surface area contributed by atoms with Crippen molar-refractivity contribution in [3.63, 3.8) is 0 Å². The highest BCUT2D eigenvalue weighted by Crippen LogP contribution is 2.26. The highest BCUT2D eigenvalue weighted by atomic mass is 16.5. The number of rotatable bonds is 3. The summed E-state index contributed by atoms with van der Waals surface area (Å²) < 4.78 is 6.06. The zero-order valence-corrected chi connectivity index (χ0v) is 12.1. The molecule has 0 aliphatic carbocycles. The summed E-state index contributed by atoms with van der Waals surface area (Å²) in [5.74, 6) is 0. The molecule has 0 spiro atoms. The smallest absolute Gasteiger partial charge is 0.0647 e. The molecule has 106 valence electrons. The predicted octanol–water partition coefficient (Wildman–Crippen LogP) is 0.942. The molecular weight excluding hydrogens is 228 g/mol. The molecule has 4 nitrogen and oxygen atoms in total. The maximum Gasteiger partial charge on any atom is 0.0647 e. The van der Waals surface area contributed by atoms with E-state index in [2.05, 4.69) is 23.9 Å². The van der Waals surface area contributed by atoms with Gasteiger partial charge in [0.1, 0.15) is 0 Å². The maximum atomic E-state index is 10.1. The summed E-state index contributed by atoms with van der Waals surface area (Å²) in [6, 6.07) is 0.369. The first kappa shape index (κ1) is 14.3. The molecule has 0 aromatic heterocycles. The molecule has 0 aromatic rings. The molecule has 2 atom stereocenters. The number of likely N-dealkylation sites (tertiary alicyclic amines) is 2. The molecule has 18 heavy (non-hydrogen) atoms. The molecule has 0 aromatic carbocycles. The van der Waals surface area contributed by atoms with Crippen LogP contribution in [0.3, 0.4) is 0 Å². The van der Waals surface area contributed by atoms with Gasteiger partial charge in [0.2, 0.25) is 0 Å². The summed E-state index contributed by atoms with van der Waals surface area (Å²) in [5, 5.41) is 10.1. The normalized spacial score (nSPS) is 37.0. The fraction of sp³-hybridized carbons (Fsp3) is 1.00. The van der Waals surface area contributed by atoms with Crippen molar-refractivity contribution in [3.8, 4) is 0 Å². The van der Waals surface area contributed by atoms with E-state index in [0.717, 1.165) is 51.9 Å². The van der Waals surface area contributed by atoms with Gasteiger partial charge in [0.15, 0.2) is 0 Å². The second kappa shape index (κ2) is 5.87. The van der Waals surface area contributed by atoms with Crippen LogP contribution >= 0.6 is 0 Å². The first-order valence-electron chi connectivity index (χ1n) is 7.19. The van der Waals surface area contributed by atoms with Crippen molar-refractivity contribution >= 4 is 0 Å². The van der Waals surface area contributed by atoms with Gasteiger partial charge in [-0.15, -0.1) is 0 Å². The van der Waals surface area contributed by atoms with Crippen molar-refractivity contribution in [3.05, 3.63) is 0 Å². The summed E-state index contributed by atoms with van der Waals surface area (Å²) >= 11 is 0. The van der Waals surface area contributed by atoms with Crippen molar-refractivity contribution in [2.45, 2.75) is 50.4 Å². The predicted molar refractivity (Wildman–Crippen MR) is 72.7 cm³/mol. The van der Waals surface area contributed by atoms with E-state index in [1.807, 2.05) is 6.92 Å². The van der Waals surface area contributed by atoms with Crippen molar-refractivity contribution in [1.82, 2.24) is 9.80 Å². The molecule has 2 saturated heterocycles. The second-order valence-corrected chi connectivity index (χ2v) is 6.42. The Morgan fingerprint density at radius 2 is 1.89 bits per heavy atom. The van der Waals surface area contributed by atoms with Crippen LogP contribution in [0.15, 0.2) is 0 Å². The van der Waals surface area contributed by atoms with E-state index in [1.165, 1.54) is 0 Å². The van der Waals surface area contributed by atoms with Crippen LogP contribution in [-0.2, 0) is 4.74 Å². The number of nitrogens with zero attached hydrogens (tertiary/aromatic N) is 2. The number of piperidine rings is 2. The van der Waals surface area contributed by atoms with E-state index in [-0.39, 0.29) is 0 Å². The van der Waals surface area contributed by atoms with Gasteiger partial charge >= 0.3 is 0 Å². The van der Waals surface area contributed by atoms with E-state index in [1.54, 1.807) is 0 Å². The summed E-state index contributed by atoms with van der Waals surface area (Å²) in [7, 11) is 4.31. The lowest BCUT2D eigenvalue weighted by molar-refractivity contribution is -0.0690. The van der Waals surface area contributed by atoms with Crippen LogP contribution in [0, 0.1) is 0 Å². The quantitative estimate of drug-likeness (QED) is 0.815. The zero-order chi connectivity index (χ0) is 13.2. The van der Waals surface area contributed by atoms with Gasteiger partial charge in [0.25, 0.3) is 0 Å². The Labute approximate surface area is 111 Å². The molecule has 2 heterocycles. The minimum absolute atomic E-state index is 0.369. The average molecular weight is 256 g/mol. The first-order valence-corrected chi connectivity index (χ1v) is 7.19. The number of likely N-dealkylation sites (N-methyl/N-ethyl adjacent to an activating group) is 1. The molecule has 2 aliphatic heterocycles. The standard InChI is InChI=1S/C14H28N2O2/c1-14(17)6-9-16(3)12(10-14)11-18-13-4-7-15(2)8-5-13/h12-13,17H,4-11H2,1-3H3. The van der Waals surface area contributed by atoms with Crippen LogP contribution in [0.2, 0.25) is 0 Å². The fourth-order valence-corrected chi connectivity index (χ4v) is 2.95. The van der Waals surface area contributed by atoms with Gasteiger partial charge in [-0.25, -0.2) is 0 Å². The number of hydrogen-bond donors (Lipinski definition) is 1. The van der Waals surface area contributed by atoms with E-state index in [4.69, 9.17) is 4.74 Å². The fourth-order valence-electron chi connectivity index (χ4n) is 2.95. The second-order valence-electron chi connectivity index (χ2n) is 6.42. The molecule has 1 N–H and O–H groups in total. The third kappa shape index (κ3) is 3.92. The number of ether oxygens (including phenoxy) is 1. The van der Waals surface area contributed by atoms with Gasteiger partial charge in [-0.1, -0.05) is 0 Å². The van der Waals surface area contributed by atoms with Crippen LogP contribution in [0.5, 0.6) is 0 Å². The average Bonchev–Trinajstić information content (AvgIpc) is 2.32. The number of aliphatic hydroxyl groups is 1. The lowest BCUT2D eigenvalue weighted by atomic mass is 9.89. The van der Waals surface area contributed by atoms with E-state index < -0.39 is 5.60 Å². The Hall–Kier alpha value is -0.160. The van der Waals surface area contributed by atoms with E-state index >= 15 is 0 Å². The van der Waals surface area contributed by atoms with Crippen molar-refractivity contribution in [2.75, 3.05) is 40.3 Å². The maximum absolute atomic E-state index is 10.1. The minimum Gasteiger partial charge on any atom is -0.390 e. The van der Waals surface area contributed by atoms with Crippen molar-refractivity contribution in [1.29, 1.82) is 0 Å². The minimum atomic E-state index is -0.507. The van der Waals surface area contributed by atoms with Crippen molar-refractivity contribution < 1.29 is 9.84 Å². The molecule has 2 fully saturated rings. The molecular formula is C14H28N2O2. The van der Waals surface area contributed by atoms with E-state index in [9.17, 15) is 5.11 Å².